The summed E-state index contributed by atoms with van der Waals surface area (Å²) >= 11 is 0. The molecule has 0 saturated heterocycles. The highest BCUT2D eigenvalue weighted by Gasteiger charge is 2.29. The van der Waals surface area contributed by atoms with Gasteiger partial charge < -0.3 is 4.52 Å². The highest BCUT2D eigenvalue weighted by Crippen LogP contribution is 2.23. The fraction of sp³-hybridized carbons (Fsp3) is 0.263. The average Bonchev–Trinajstić information content (AvgIpc) is 3.28. The largest absolute Gasteiger partial charge is 0.339 e. The Morgan fingerprint density at radius 3 is 2.89 bits per heavy atom. The number of pyridine rings is 1. The predicted molar refractivity (Wildman–Crippen MR) is 103 cm³/mol. The molecule has 2 aromatic heterocycles. The highest BCUT2D eigenvalue weighted by molar-refractivity contribution is 7.90. The highest BCUT2D eigenvalue weighted by atomic mass is 32.2. The molecule has 8 nitrogen and oxygen atoms in total. The summed E-state index contributed by atoms with van der Waals surface area (Å²) < 4.78 is 32.0. The third kappa shape index (κ3) is 3.53. The van der Waals surface area contributed by atoms with E-state index in [2.05, 4.69) is 31.8 Å². The third-order valence-corrected chi connectivity index (χ3v) is 5.87. The van der Waals surface area contributed by atoms with Gasteiger partial charge in [0, 0.05) is 36.5 Å². The van der Waals surface area contributed by atoms with E-state index in [9.17, 15) is 8.42 Å². The Morgan fingerprint density at radius 2 is 2.04 bits per heavy atom. The molecule has 3 heterocycles. The maximum Gasteiger partial charge on any atom is 0.263 e. The number of aromatic nitrogens is 3. The van der Waals surface area contributed by atoms with E-state index in [1.165, 1.54) is 0 Å². The van der Waals surface area contributed by atoms with Crippen molar-refractivity contribution in [3.05, 3.63) is 59.7 Å². The van der Waals surface area contributed by atoms with Crippen LogP contribution in [0, 0.1) is 0 Å². The van der Waals surface area contributed by atoms with Crippen molar-refractivity contribution in [1.82, 2.24) is 19.8 Å². The van der Waals surface area contributed by atoms with Crippen LogP contribution in [0.25, 0.3) is 11.4 Å². The van der Waals surface area contributed by atoms with Crippen LogP contribution in [-0.4, -0.2) is 35.9 Å². The molecule has 3 aromatic rings. The summed E-state index contributed by atoms with van der Waals surface area (Å²) in [6, 6.07) is 8.68. The standard InChI is InChI=1S/C19H19N5O3S/c1-2-13-12-20-11-9-14(13)19-22-17(27-23-19)8-5-10-21-18-15-6-3-4-7-16(15)28(25,26)24-18/h3-4,6-7,9,11-12H,2,5,8,10H2,1H3,(H,21,24). The second-order valence-electron chi connectivity index (χ2n) is 6.33. The first-order chi connectivity index (χ1) is 13.6. The molecule has 1 N–H and O–H groups in total. The van der Waals surface area contributed by atoms with Crippen LogP contribution in [0.15, 0.2) is 57.1 Å². The molecule has 0 unspecified atom stereocenters. The van der Waals surface area contributed by atoms with Gasteiger partial charge in [-0.25, -0.2) is 8.42 Å². The Bertz CT molecular complexity index is 1140. The molecule has 4 rings (SSSR count). The summed E-state index contributed by atoms with van der Waals surface area (Å²) in [6.45, 7) is 2.50. The van der Waals surface area contributed by atoms with Crippen molar-refractivity contribution >= 4 is 15.9 Å². The first kappa shape index (κ1) is 18.3. The second kappa shape index (κ2) is 7.51. The molecule has 9 heteroatoms. The monoisotopic (exact) mass is 397 g/mol. The lowest BCUT2D eigenvalue weighted by atomic mass is 10.1. The van der Waals surface area contributed by atoms with Crippen molar-refractivity contribution in [1.29, 1.82) is 0 Å². The van der Waals surface area contributed by atoms with Gasteiger partial charge in [-0.2, -0.15) is 4.98 Å². The first-order valence-electron chi connectivity index (χ1n) is 9.01. The smallest absolute Gasteiger partial charge is 0.263 e. The van der Waals surface area contributed by atoms with Crippen molar-refractivity contribution < 1.29 is 12.9 Å². The number of aliphatic imine (C=N–C) groups is 1. The van der Waals surface area contributed by atoms with Crippen LogP contribution >= 0.6 is 0 Å². The summed E-state index contributed by atoms with van der Waals surface area (Å²) in [6.07, 6.45) is 5.57. The Kier molecular flexibility index (Phi) is 4.91. The Hall–Kier alpha value is -3.07. The fourth-order valence-corrected chi connectivity index (χ4v) is 4.32. The van der Waals surface area contributed by atoms with Crippen molar-refractivity contribution in [2.75, 3.05) is 6.54 Å². The topological polar surface area (TPSA) is 110 Å². The van der Waals surface area contributed by atoms with Gasteiger partial charge >= 0.3 is 0 Å². The summed E-state index contributed by atoms with van der Waals surface area (Å²) in [7, 11) is -3.50. The number of aryl methyl sites for hydroxylation is 2. The number of sulfonamides is 1. The summed E-state index contributed by atoms with van der Waals surface area (Å²) in [4.78, 5) is 13.2. The van der Waals surface area contributed by atoms with Crippen molar-refractivity contribution in [3.8, 4) is 11.4 Å². The lowest BCUT2D eigenvalue weighted by Gasteiger charge is -2.01. The molecule has 1 aromatic carbocycles. The SMILES string of the molecule is CCc1cnccc1-c1noc(CCCN=C2NS(=O)(=O)c3ccccc32)n1. The zero-order chi connectivity index (χ0) is 19.6. The number of hydrogen-bond acceptors (Lipinski definition) is 7. The van der Waals surface area contributed by atoms with Crippen LogP contribution in [-0.2, 0) is 22.9 Å². The predicted octanol–water partition coefficient (Wildman–Crippen LogP) is 2.37. The molecule has 1 aliphatic heterocycles. The van der Waals surface area contributed by atoms with Gasteiger partial charge in [0.15, 0.2) is 0 Å². The number of nitrogens with one attached hydrogen (secondary N) is 1. The van der Waals surface area contributed by atoms with Gasteiger partial charge in [-0.05, 0) is 36.6 Å². The summed E-state index contributed by atoms with van der Waals surface area (Å²) in [5, 5.41) is 4.06. The minimum Gasteiger partial charge on any atom is -0.339 e. The molecule has 1 aliphatic rings. The molecular weight excluding hydrogens is 378 g/mol. The fourth-order valence-electron chi connectivity index (χ4n) is 3.07. The van der Waals surface area contributed by atoms with Crippen molar-refractivity contribution in [2.45, 2.75) is 31.1 Å². The van der Waals surface area contributed by atoms with Crippen LogP contribution in [0.5, 0.6) is 0 Å². The molecule has 0 fully saturated rings. The third-order valence-electron chi connectivity index (χ3n) is 4.47. The van der Waals surface area contributed by atoms with E-state index in [0.717, 1.165) is 17.5 Å². The minimum atomic E-state index is -3.50. The summed E-state index contributed by atoms with van der Waals surface area (Å²) in [5.74, 6) is 1.46. The molecule has 0 atom stereocenters. The first-order valence-corrected chi connectivity index (χ1v) is 10.5. The Labute approximate surface area is 162 Å². The minimum absolute atomic E-state index is 0.263. The number of amidine groups is 1. The lowest BCUT2D eigenvalue weighted by molar-refractivity contribution is 0.376. The van der Waals surface area contributed by atoms with Gasteiger partial charge in [-0.15, -0.1) is 0 Å². The van der Waals surface area contributed by atoms with Gasteiger partial charge in [0.1, 0.15) is 5.84 Å². The molecular formula is C19H19N5O3S. The second-order valence-corrected chi connectivity index (χ2v) is 7.98. The number of rotatable bonds is 6. The maximum absolute atomic E-state index is 12.1. The van der Waals surface area contributed by atoms with E-state index in [-0.39, 0.29) is 4.90 Å². The van der Waals surface area contributed by atoms with Crippen LogP contribution in [0.1, 0.15) is 30.4 Å². The van der Waals surface area contributed by atoms with E-state index in [1.54, 1.807) is 30.5 Å². The van der Waals surface area contributed by atoms with Crippen LogP contribution in [0.3, 0.4) is 0 Å². The van der Waals surface area contributed by atoms with Crippen molar-refractivity contribution in [3.63, 3.8) is 0 Å². The molecule has 0 bridgehead atoms. The van der Waals surface area contributed by atoms with E-state index in [0.29, 0.717) is 42.5 Å². The number of benzene rings is 1. The van der Waals surface area contributed by atoms with Crippen LogP contribution < -0.4 is 4.72 Å². The zero-order valence-corrected chi connectivity index (χ0v) is 16.1. The van der Waals surface area contributed by atoms with E-state index in [4.69, 9.17) is 4.52 Å². The van der Waals surface area contributed by atoms with Crippen LogP contribution in [0.4, 0.5) is 0 Å². The molecule has 0 spiro atoms. The van der Waals surface area contributed by atoms with Gasteiger partial charge in [0.25, 0.3) is 10.0 Å². The zero-order valence-electron chi connectivity index (χ0n) is 15.3. The molecule has 28 heavy (non-hydrogen) atoms. The molecule has 0 aliphatic carbocycles. The number of fused-ring (bicyclic) bond motifs is 1. The maximum atomic E-state index is 12.1. The number of hydrogen-bond donors (Lipinski definition) is 1. The molecule has 0 amide bonds. The van der Waals surface area contributed by atoms with E-state index >= 15 is 0 Å². The van der Waals surface area contributed by atoms with E-state index < -0.39 is 10.0 Å². The van der Waals surface area contributed by atoms with Gasteiger partial charge in [0.05, 0.1) is 4.90 Å². The van der Waals surface area contributed by atoms with Gasteiger partial charge in [-0.3, -0.25) is 14.7 Å². The molecule has 0 radical (unpaired) electrons. The van der Waals surface area contributed by atoms with Crippen molar-refractivity contribution in [2.24, 2.45) is 4.99 Å². The molecule has 0 saturated carbocycles. The van der Waals surface area contributed by atoms with E-state index in [1.807, 2.05) is 12.3 Å². The normalized spacial score (nSPS) is 16.1. The quantitative estimate of drug-likeness (QED) is 0.639. The Morgan fingerprint density at radius 1 is 1.18 bits per heavy atom. The van der Waals surface area contributed by atoms with Gasteiger partial charge in [0.2, 0.25) is 11.7 Å². The summed E-state index contributed by atoms with van der Waals surface area (Å²) in [5.41, 5.74) is 2.59. The number of nitrogens with zero attached hydrogens (tertiary/aromatic N) is 4. The van der Waals surface area contributed by atoms with Crippen LogP contribution in [0.2, 0.25) is 0 Å². The average molecular weight is 397 g/mol. The Balaban J connectivity index is 1.41. The lowest BCUT2D eigenvalue weighted by Crippen LogP contribution is -2.22. The van der Waals surface area contributed by atoms with Gasteiger partial charge in [-0.1, -0.05) is 24.2 Å². The molecule has 144 valence electrons.